The predicted octanol–water partition coefficient (Wildman–Crippen LogP) is 3.70. The van der Waals surface area contributed by atoms with Crippen LogP contribution in [0.1, 0.15) is 12.5 Å². The number of anilines is 2. The SMILES string of the molecule is COc1ccccc1NC(=O)CSC(C)C(=O)Nc1ccccc1C. The van der Waals surface area contributed by atoms with Crippen LogP contribution in [0, 0.1) is 6.92 Å². The molecule has 0 aliphatic carbocycles. The van der Waals surface area contributed by atoms with E-state index in [1.54, 1.807) is 26.2 Å². The second-order valence-corrected chi connectivity index (χ2v) is 6.83. The van der Waals surface area contributed by atoms with Gasteiger partial charge in [-0.15, -0.1) is 11.8 Å². The van der Waals surface area contributed by atoms with Crippen molar-refractivity contribution in [1.82, 2.24) is 0 Å². The van der Waals surface area contributed by atoms with Crippen molar-refractivity contribution in [3.05, 3.63) is 54.1 Å². The topological polar surface area (TPSA) is 67.4 Å². The molecule has 1 atom stereocenters. The van der Waals surface area contributed by atoms with Gasteiger partial charge in [-0.05, 0) is 37.6 Å². The average molecular weight is 358 g/mol. The Labute approximate surface area is 152 Å². The van der Waals surface area contributed by atoms with Gasteiger partial charge in [-0.3, -0.25) is 9.59 Å². The third-order valence-electron chi connectivity index (χ3n) is 3.62. The summed E-state index contributed by atoms with van der Waals surface area (Å²) in [7, 11) is 1.55. The van der Waals surface area contributed by atoms with Crippen LogP contribution in [-0.2, 0) is 9.59 Å². The number of carbonyl (C=O) groups is 2. The van der Waals surface area contributed by atoms with Crippen LogP contribution in [0.5, 0.6) is 5.75 Å². The number of methoxy groups -OCH3 is 1. The molecule has 0 saturated heterocycles. The van der Waals surface area contributed by atoms with E-state index in [4.69, 9.17) is 4.74 Å². The number of aryl methyl sites for hydroxylation is 1. The Morgan fingerprint density at radius 2 is 1.68 bits per heavy atom. The fraction of sp³-hybridized carbons (Fsp3) is 0.263. The largest absolute Gasteiger partial charge is 0.495 e. The van der Waals surface area contributed by atoms with Crippen LogP contribution >= 0.6 is 11.8 Å². The van der Waals surface area contributed by atoms with Gasteiger partial charge in [0.15, 0.2) is 0 Å². The van der Waals surface area contributed by atoms with E-state index in [1.807, 2.05) is 43.3 Å². The first-order valence-corrected chi connectivity index (χ1v) is 8.97. The van der Waals surface area contributed by atoms with E-state index in [2.05, 4.69) is 10.6 Å². The highest BCUT2D eigenvalue weighted by atomic mass is 32.2. The van der Waals surface area contributed by atoms with Crippen LogP contribution in [0.15, 0.2) is 48.5 Å². The van der Waals surface area contributed by atoms with Crippen LogP contribution in [0.4, 0.5) is 11.4 Å². The molecule has 2 amide bonds. The Bertz CT molecular complexity index is 749. The van der Waals surface area contributed by atoms with Gasteiger partial charge in [0.1, 0.15) is 5.75 Å². The summed E-state index contributed by atoms with van der Waals surface area (Å²) in [6, 6.07) is 14.8. The van der Waals surface area contributed by atoms with Crippen LogP contribution < -0.4 is 15.4 Å². The Kier molecular flexibility index (Phi) is 6.89. The summed E-state index contributed by atoms with van der Waals surface area (Å²) < 4.78 is 5.20. The Morgan fingerprint density at radius 3 is 2.36 bits per heavy atom. The molecule has 25 heavy (non-hydrogen) atoms. The number of nitrogens with one attached hydrogen (secondary N) is 2. The summed E-state index contributed by atoms with van der Waals surface area (Å²) in [5.41, 5.74) is 2.41. The summed E-state index contributed by atoms with van der Waals surface area (Å²) in [6.45, 7) is 3.72. The van der Waals surface area contributed by atoms with Gasteiger partial charge in [0.05, 0.1) is 23.8 Å². The van der Waals surface area contributed by atoms with Gasteiger partial charge in [0.2, 0.25) is 11.8 Å². The predicted molar refractivity (Wildman–Crippen MR) is 103 cm³/mol. The zero-order chi connectivity index (χ0) is 18.2. The maximum absolute atomic E-state index is 12.3. The van der Waals surface area contributed by atoms with Crippen LogP contribution in [-0.4, -0.2) is 29.9 Å². The van der Waals surface area contributed by atoms with E-state index in [-0.39, 0.29) is 22.8 Å². The van der Waals surface area contributed by atoms with Crippen LogP contribution in [0.2, 0.25) is 0 Å². The minimum atomic E-state index is -0.344. The monoisotopic (exact) mass is 358 g/mol. The van der Waals surface area contributed by atoms with E-state index in [0.29, 0.717) is 11.4 Å². The van der Waals surface area contributed by atoms with Crippen molar-refractivity contribution in [2.45, 2.75) is 19.1 Å². The number of para-hydroxylation sites is 3. The molecule has 0 radical (unpaired) electrons. The molecule has 0 saturated carbocycles. The molecule has 132 valence electrons. The van der Waals surface area contributed by atoms with Crippen molar-refractivity contribution >= 4 is 35.0 Å². The Morgan fingerprint density at radius 1 is 1.04 bits per heavy atom. The molecule has 1 unspecified atom stereocenters. The Hall–Kier alpha value is -2.47. The lowest BCUT2D eigenvalue weighted by Crippen LogP contribution is -2.25. The smallest absolute Gasteiger partial charge is 0.237 e. The summed E-state index contributed by atoms with van der Waals surface area (Å²) in [4.78, 5) is 24.4. The first-order valence-electron chi connectivity index (χ1n) is 7.92. The maximum Gasteiger partial charge on any atom is 0.237 e. The molecule has 2 N–H and O–H groups in total. The molecule has 0 bridgehead atoms. The molecule has 5 nitrogen and oxygen atoms in total. The number of carbonyl (C=O) groups excluding carboxylic acids is 2. The summed E-state index contributed by atoms with van der Waals surface area (Å²) in [6.07, 6.45) is 0. The first-order chi connectivity index (χ1) is 12.0. The van der Waals surface area contributed by atoms with Gasteiger partial charge < -0.3 is 15.4 Å². The third-order valence-corrected chi connectivity index (χ3v) is 4.76. The second-order valence-electron chi connectivity index (χ2n) is 5.51. The van der Waals surface area contributed by atoms with Gasteiger partial charge in [-0.25, -0.2) is 0 Å². The second kappa shape index (κ2) is 9.13. The highest BCUT2D eigenvalue weighted by Gasteiger charge is 2.16. The highest BCUT2D eigenvalue weighted by Crippen LogP contribution is 2.23. The van der Waals surface area contributed by atoms with Crippen molar-refractivity contribution in [1.29, 1.82) is 0 Å². The zero-order valence-corrected chi connectivity index (χ0v) is 15.4. The summed E-state index contributed by atoms with van der Waals surface area (Å²) in [5.74, 6) is 0.487. The van der Waals surface area contributed by atoms with Crippen molar-refractivity contribution in [2.24, 2.45) is 0 Å². The van der Waals surface area contributed by atoms with E-state index < -0.39 is 0 Å². The highest BCUT2D eigenvalue weighted by molar-refractivity contribution is 8.01. The number of ether oxygens (including phenoxy) is 1. The molecule has 2 rings (SSSR count). The molecule has 0 aliphatic heterocycles. The fourth-order valence-electron chi connectivity index (χ4n) is 2.16. The lowest BCUT2D eigenvalue weighted by Gasteiger charge is -2.14. The molecular formula is C19H22N2O3S. The standard InChI is InChI=1S/C19H22N2O3S/c1-13-8-4-5-9-15(13)21-19(23)14(2)25-12-18(22)20-16-10-6-7-11-17(16)24-3/h4-11,14H,12H2,1-3H3,(H,20,22)(H,21,23). The average Bonchev–Trinajstić information content (AvgIpc) is 2.62. The van der Waals surface area contributed by atoms with E-state index >= 15 is 0 Å². The zero-order valence-electron chi connectivity index (χ0n) is 14.5. The third kappa shape index (κ3) is 5.53. The Balaban J connectivity index is 1.84. The first kappa shape index (κ1) is 18.9. The van der Waals surface area contributed by atoms with Crippen molar-refractivity contribution in [3.8, 4) is 5.75 Å². The summed E-state index contributed by atoms with van der Waals surface area (Å²) in [5, 5.41) is 5.34. The number of amides is 2. The quantitative estimate of drug-likeness (QED) is 0.792. The molecule has 0 spiro atoms. The van der Waals surface area contributed by atoms with Gasteiger partial charge in [-0.1, -0.05) is 30.3 Å². The number of thioether (sulfide) groups is 1. The van der Waals surface area contributed by atoms with E-state index in [1.165, 1.54) is 11.8 Å². The molecule has 0 aromatic heterocycles. The normalized spacial score (nSPS) is 11.5. The maximum atomic E-state index is 12.3. The molecule has 0 heterocycles. The molecule has 0 fully saturated rings. The molecule has 2 aromatic carbocycles. The van der Waals surface area contributed by atoms with Gasteiger partial charge >= 0.3 is 0 Å². The fourth-order valence-corrected chi connectivity index (χ4v) is 2.84. The number of hydrogen-bond acceptors (Lipinski definition) is 4. The van der Waals surface area contributed by atoms with Crippen molar-refractivity contribution in [2.75, 3.05) is 23.5 Å². The van der Waals surface area contributed by atoms with Crippen molar-refractivity contribution < 1.29 is 14.3 Å². The van der Waals surface area contributed by atoms with Gasteiger partial charge in [0.25, 0.3) is 0 Å². The number of rotatable bonds is 7. The van der Waals surface area contributed by atoms with E-state index in [0.717, 1.165) is 11.3 Å². The van der Waals surface area contributed by atoms with Gasteiger partial charge in [0, 0.05) is 5.69 Å². The minimum absolute atomic E-state index is 0.121. The van der Waals surface area contributed by atoms with Crippen LogP contribution in [0.25, 0.3) is 0 Å². The molecule has 6 heteroatoms. The summed E-state index contributed by atoms with van der Waals surface area (Å²) >= 11 is 1.29. The van der Waals surface area contributed by atoms with E-state index in [9.17, 15) is 9.59 Å². The lowest BCUT2D eigenvalue weighted by atomic mass is 10.2. The van der Waals surface area contributed by atoms with Crippen LogP contribution in [0.3, 0.4) is 0 Å². The number of benzene rings is 2. The molecule has 2 aromatic rings. The van der Waals surface area contributed by atoms with Gasteiger partial charge in [-0.2, -0.15) is 0 Å². The lowest BCUT2D eigenvalue weighted by molar-refractivity contribution is -0.115. The number of hydrogen-bond donors (Lipinski definition) is 2. The van der Waals surface area contributed by atoms with Crippen molar-refractivity contribution in [3.63, 3.8) is 0 Å². The molecular weight excluding hydrogens is 336 g/mol. The molecule has 0 aliphatic rings. The minimum Gasteiger partial charge on any atom is -0.495 e.